The first-order chi connectivity index (χ1) is 5.24. The van der Waals surface area contributed by atoms with Crippen LogP contribution in [0.25, 0.3) is 0 Å². The van der Waals surface area contributed by atoms with Crippen LogP contribution in [0.4, 0.5) is 8.78 Å². The van der Waals surface area contributed by atoms with Crippen molar-refractivity contribution in [3.8, 4) is 0 Å². The number of hydrogen-bond donors (Lipinski definition) is 0. The molecule has 0 atom stereocenters. The van der Waals surface area contributed by atoms with Gasteiger partial charge >= 0.3 is 0 Å². The largest absolute Gasteiger partial charge is 0.319 e. The van der Waals surface area contributed by atoms with E-state index in [9.17, 15) is 8.78 Å². The molecule has 0 aliphatic carbocycles. The van der Waals surface area contributed by atoms with Crippen LogP contribution in [0.3, 0.4) is 0 Å². The van der Waals surface area contributed by atoms with Crippen molar-refractivity contribution < 1.29 is 8.78 Å². The van der Waals surface area contributed by atoms with E-state index in [1.54, 1.807) is 0 Å². The minimum Gasteiger partial charge on any atom is -0.319 e. The number of rotatable bonds is 3. The Kier molecular flexibility index (Phi) is 2.57. The van der Waals surface area contributed by atoms with E-state index < -0.39 is 6.43 Å². The molecule has 0 bridgehead atoms. The highest BCUT2D eigenvalue weighted by atomic mass is 19.3. The van der Waals surface area contributed by atoms with Crippen molar-refractivity contribution in [2.24, 2.45) is 0 Å². The van der Waals surface area contributed by atoms with Gasteiger partial charge in [-0.25, -0.2) is 13.8 Å². The molecule has 0 saturated carbocycles. The fourth-order valence-electron chi connectivity index (χ4n) is 0.830. The number of alkyl halides is 2. The number of halogens is 2. The fourth-order valence-corrected chi connectivity index (χ4v) is 0.830. The molecular formula is C7H8F2N2. The lowest BCUT2D eigenvalue weighted by Crippen LogP contribution is -2.08. The number of aryl methyl sites for hydroxylation is 1. The summed E-state index contributed by atoms with van der Waals surface area (Å²) in [5.74, 6) is 0. The van der Waals surface area contributed by atoms with Crippen LogP contribution in [0.15, 0.2) is 0 Å². The molecule has 11 heavy (non-hydrogen) atoms. The smallest absolute Gasteiger partial charge is 0.256 e. The predicted molar refractivity (Wildman–Crippen MR) is 35.3 cm³/mol. The third kappa shape index (κ3) is 2.00. The normalized spacial score (nSPS) is 10.9. The first-order valence-corrected chi connectivity index (χ1v) is 3.37. The topological polar surface area (TPSA) is 17.8 Å². The van der Waals surface area contributed by atoms with E-state index in [2.05, 4.69) is 17.5 Å². The van der Waals surface area contributed by atoms with E-state index in [1.165, 1.54) is 4.57 Å². The van der Waals surface area contributed by atoms with Gasteiger partial charge in [-0.15, -0.1) is 0 Å². The van der Waals surface area contributed by atoms with Gasteiger partial charge in [0.05, 0.1) is 6.54 Å². The summed E-state index contributed by atoms with van der Waals surface area (Å²) in [5, 5.41) is 0. The van der Waals surface area contributed by atoms with Crippen molar-refractivity contribution in [1.29, 1.82) is 0 Å². The van der Waals surface area contributed by atoms with Crippen LogP contribution in [0.2, 0.25) is 0 Å². The molecule has 4 heteroatoms. The molecule has 0 unspecified atom stereocenters. The summed E-state index contributed by atoms with van der Waals surface area (Å²) in [6.07, 6.45) is 3.31. The second-order valence-corrected chi connectivity index (χ2v) is 2.13. The van der Waals surface area contributed by atoms with Crippen LogP contribution in [-0.2, 0) is 13.0 Å². The first kappa shape index (κ1) is 8.17. The molecular weight excluding hydrogens is 150 g/mol. The average molecular weight is 158 g/mol. The van der Waals surface area contributed by atoms with Crippen molar-refractivity contribution in [3.63, 3.8) is 0 Å². The van der Waals surface area contributed by atoms with Gasteiger partial charge in [-0.05, 0) is 6.42 Å². The summed E-state index contributed by atoms with van der Waals surface area (Å²) in [4.78, 5) is 3.53. The maximum absolute atomic E-state index is 11.8. The Morgan fingerprint density at radius 2 is 2.36 bits per heavy atom. The van der Waals surface area contributed by atoms with Crippen molar-refractivity contribution in [1.82, 2.24) is 9.55 Å². The molecule has 0 fully saturated rings. The zero-order valence-corrected chi connectivity index (χ0v) is 6.14. The van der Waals surface area contributed by atoms with Gasteiger partial charge in [-0.1, -0.05) is 6.92 Å². The highest BCUT2D eigenvalue weighted by Gasteiger charge is 2.07. The van der Waals surface area contributed by atoms with Gasteiger partial charge in [0.25, 0.3) is 6.43 Å². The zero-order chi connectivity index (χ0) is 8.27. The highest BCUT2D eigenvalue weighted by Crippen LogP contribution is 2.03. The molecule has 0 aromatic carbocycles. The van der Waals surface area contributed by atoms with E-state index in [1.807, 2.05) is 6.92 Å². The number of aromatic nitrogens is 2. The summed E-state index contributed by atoms with van der Waals surface area (Å²) in [7, 11) is 0. The summed E-state index contributed by atoms with van der Waals surface area (Å²) < 4.78 is 25.0. The number of nitrogens with zero attached hydrogens (tertiary/aromatic N) is 2. The molecule has 0 amide bonds. The van der Waals surface area contributed by atoms with E-state index in [0.29, 0.717) is 12.1 Å². The monoisotopic (exact) mass is 158 g/mol. The molecule has 2 radical (unpaired) electrons. The minimum absolute atomic E-state index is 0.334. The lowest BCUT2D eigenvalue weighted by Gasteiger charge is -2.02. The van der Waals surface area contributed by atoms with Gasteiger partial charge in [0, 0.05) is 5.69 Å². The molecule has 0 saturated heterocycles. The third-order valence-electron chi connectivity index (χ3n) is 1.34. The van der Waals surface area contributed by atoms with Gasteiger partial charge in [0.15, 0.2) is 6.33 Å². The molecule has 0 aliphatic rings. The quantitative estimate of drug-likeness (QED) is 0.648. The van der Waals surface area contributed by atoms with Crippen LogP contribution < -0.4 is 0 Å². The maximum atomic E-state index is 11.8. The molecule has 0 N–H and O–H groups in total. The second-order valence-electron chi connectivity index (χ2n) is 2.13. The standard InChI is InChI=1S/C7H8F2N2/c1-2-6-3-10-5-11(6)4-7(8)9/h7H,2,4H2,1H3. The van der Waals surface area contributed by atoms with Gasteiger partial charge in [0.2, 0.25) is 0 Å². The molecule has 1 heterocycles. The van der Waals surface area contributed by atoms with E-state index in [4.69, 9.17) is 0 Å². The SMILES string of the molecule is CCc1[c]n[c]n1CC(F)F. The average Bonchev–Trinajstić information content (AvgIpc) is 2.34. The van der Waals surface area contributed by atoms with Crippen molar-refractivity contribution >= 4 is 0 Å². The highest BCUT2D eigenvalue weighted by molar-refractivity contribution is 4.94. The summed E-state index contributed by atoms with van der Waals surface area (Å²) >= 11 is 0. The molecule has 60 valence electrons. The molecule has 1 rings (SSSR count). The summed E-state index contributed by atoms with van der Waals surface area (Å²) in [5.41, 5.74) is 0.672. The number of hydrogen-bond acceptors (Lipinski definition) is 1. The number of imidazole rings is 1. The predicted octanol–water partition coefficient (Wildman–Crippen LogP) is 1.31. The Labute approximate surface area is 63.9 Å². The van der Waals surface area contributed by atoms with E-state index >= 15 is 0 Å². The Balaban J connectivity index is 2.68. The Bertz CT molecular complexity index is 220. The molecule has 0 aliphatic heterocycles. The minimum atomic E-state index is -2.35. The van der Waals surface area contributed by atoms with Crippen molar-refractivity contribution in [3.05, 3.63) is 18.2 Å². The van der Waals surface area contributed by atoms with E-state index in [0.717, 1.165) is 0 Å². The Morgan fingerprint density at radius 3 is 2.91 bits per heavy atom. The van der Waals surface area contributed by atoms with E-state index in [-0.39, 0.29) is 6.54 Å². The first-order valence-electron chi connectivity index (χ1n) is 3.37. The van der Waals surface area contributed by atoms with Crippen LogP contribution in [0.1, 0.15) is 12.6 Å². The second kappa shape index (κ2) is 3.46. The summed E-state index contributed by atoms with van der Waals surface area (Å²) in [6.45, 7) is 1.53. The maximum Gasteiger partial charge on any atom is 0.256 e. The third-order valence-corrected chi connectivity index (χ3v) is 1.34. The van der Waals surface area contributed by atoms with Crippen LogP contribution in [-0.4, -0.2) is 16.0 Å². The van der Waals surface area contributed by atoms with Gasteiger partial charge < -0.3 is 4.57 Å². The lowest BCUT2D eigenvalue weighted by molar-refractivity contribution is 0.125. The fraction of sp³-hybridized carbons (Fsp3) is 0.571. The van der Waals surface area contributed by atoms with Gasteiger partial charge in [-0.2, -0.15) is 0 Å². The van der Waals surface area contributed by atoms with Crippen LogP contribution in [0, 0.1) is 12.5 Å². The van der Waals surface area contributed by atoms with Crippen molar-refractivity contribution in [2.75, 3.05) is 0 Å². The summed E-state index contributed by atoms with van der Waals surface area (Å²) in [6, 6.07) is 0. The van der Waals surface area contributed by atoms with Gasteiger partial charge in [-0.3, -0.25) is 0 Å². The molecule has 1 aromatic heterocycles. The van der Waals surface area contributed by atoms with Gasteiger partial charge in [0.1, 0.15) is 6.20 Å². The zero-order valence-electron chi connectivity index (χ0n) is 6.14. The van der Waals surface area contributed by atoms with Crippen LogP contribution >= 0.6 is 0 Å². The Morgan fingerprint density at radius 1 is 1.64 bits per heavy atom. The molecule has 1 aromatic rings. The molecule has 0 spiro atoms. The van der Waals surface area contributed by atoms with Crippen molar-refractivity contribution in [2.45, 2.75) is 26.3 Å². The lowest BCUT2D eigenvalue weighted by atomic mass is 10.3. The molecule has 2 nitrogen and oxygen atoms in total. The van der Waals surface area contributed by atoms with Crippen LogP contribution in [0.5, 0.6) is 0 Å². The Hall–Kier alpha value is -0.930.